The molecular formula is C50H99NO12S. The van der Waals surface area contributed by atoms with Crippen LogP contribution in [0.15, 0.2) is 0 Å². The highest BCUT2D eigenvalue weighted by atomic mass is 32.3. The summed E-state index contributed by atoms with van der Waals surface area (Å²) in [4.78, 5) is 13.1. The molecular weight excluding hydrogens is 839 g/mol. The molecule has 8 atom stereocenters. The quantitative estimate of drug-likeness (QED) is 0.0224. The van der Waals surface area contributed by atoms with Crippen LogP contribution in [0.3, 0.4) is 0 Å². The van der Waals surface area contributed by atoms with Crippen LogP contribution in [0.25, 0.3) is 0 Å². The second kappa shape index (κ2) is 41.1. The Morgan fingerprint density at radius 3 is 1.30 bits per heavy atom. The molecule has 0 aromatic heterocycles. The molecule has 1 amide bonds. The van der Waals surface area contributed by atoms with Crippen LogP contribution >= 0.6 is 0 Å². The summed E-state index contributed by atoms with van der Waals surface area (Å²) in [6, 6.07) is -1.12. The van der Waals surface area contributed by atoms with E-state index < -0.39 is 72.6 Å². The Bertz CT molecular complexity index is 1170. The first-order valence-electron chi connectivity index (χ1n) is 26.5. The van der Waals surface area contributed by atoms with E-state index in [2.05, 4.69) is 23.3 Å². The van der Waals surface area contributed by atoms with Crippen LogP contribution in [0.1, 0.15) is 251 Å². The van der Waals surface area contributed by atoms with E-state index in [1.807, 2.05) is 0 Å². The molecule has 1 aliphatic rings. The number of aliphatic hydroxyl groups excluding tert-OH is 5. The van der Waals surface area contributed by atoms with Gasteiger partial charge in [-0.3, -0.25) is 9.35 Å². The van der Waals surface area contributed by atoms with E-state index in [1.165, 1.54) is 173 Å². The molecule has 1 rings (SSSR count). The van der Waals surface area contributed by atoms with Crippen LogP contribution in [0.5, 0.6) is 0 Å². The lowest BCUT2D eigenvalue weighted by molar-refractivity contribution is -0.299. The van der Waals surface area contributed by atoms with Gasteiger partial charge in [0.2, 0.25) is 5.91 Å². The second-order valence-electron chi connectivity index (χ2n) is 19.0. The number of ether oxygens (including phenoxy) is 2. The zero-order chi connectivity index (χ0) is 47.1. The number of carbonyl (C=O) groups is 1. The van der Waals surface area contributed by atoms with E-state index in [9.17, 15) is 43.3 Å². The maximum Gasteiger partial charge on any atom is 0.397 e. The van der Waals surface area contributed by atoms with Gasteiger partial charge in [0.1, 0.15) is 30.5 Å². The van der Waals surface area contributed by atoms with Gasteiger partial charge in [-0.25, -0.2) is 4.18 Å². The van der Waals surface area contributed by atoms with E-state index in [4.69, 9.17) is 9.47 Å². The van der Waals surface area contributed by atoms with Gasteiger partial charge in [0.25, 0.3) is 0 Å². The number of nitrogens with one attached hydrogen (secondary N) is 1. The average Bonchev–Trinajstić information content (AvgIpc) is 3.27. The Labute approximate surface area is 390 Å². The van der Waals surface area contributed by atoms with E-state index in [0.717, 1.165) is 38.5 Å². The van der Waals surface area contributed by atoms with Gasteiger partial charge >= 0.3 is 10.4 Å². The first-order chi connectivity index (χ1) is 30.9. The normalized spacial score (nSPS) is 20.7. The lowest BCUT2D eigenvalue weighted by Crippen LogP contribution is -2.61. The molecule has 1 saturated heterocycles. The lowest BCUT2D eigenvalue weighted by atomic mass is 9.98. The highest BCUT2D eigenvalue weighted by Crippen LogP contribution is 2.26. The smallest absolute Gasteiger partial charge is 0.394 e. The molecule has 1 aliphatic heterocycles. The summed E-state index contributed by atoms with van der Waals surface area (Å²) in [7, 11) is -5.11. The molecule has 7 N–H and O–H groups in total. The molecule has 0 bridgehead atoms. The number of aliphatic hydroxyl groups is 5. The Kier molecular flexibility index (Phi) is 39.2. The van der Waals surface area contributed by atoms with Crippen molar-refractivity contribution in [3.63, 3.8) is 0 Å². The zero-order valence-electron chi connectivity index (χ0n) is 40.7. The topological polar surface area (TPSA) is 212 Å². The number of hydrogen-bond donors (Lipinski definition) is 7. The molecule has 0 aromatic rings. The van der Waals surface area contributed by atoms with Gasteiger partial charge in [-0.1, -0.05) is 232 Å². The molecule has 1 heterocycles. The monoisotopic (exact) mass is 938 g/mol. The Balaban J connectivity index is 2.41. The van der Waals surface area contributed by atoms with Crippen LogP contribution in [-0.4, -0.2) is 107 Å². The van der Waals surface area contributed by atoms with Gasteiger partial charge in [0.15, 0.2) is 6.29 Å². The summed E-state index contributed by atoms with van der Waals surface area (Å²) < 4.78 is 47.6. The predicted octanol–water partition coefficient (Wildman–Crippen LogP) is 10.3. The van der Waals surface area contributed by atoms with Crippen molar-refractivity contribution in [1.29, 1.82) is 0 Å². The molecule has 13 nitrogen and oxygen atoms in total. The third-order valence-electron chi connectivity index (χ3n) is 13.0. The standard InChI is InChI=1S/C50H99NO12S/c1-3-5-7-9-11-13-15-17-18-19-20-21-22-23-24-25-26-27-29-31-33-35-37-39-45(54)51-42(41-61-50-48(57)49(63-64(58,59)60)47(56)44(40-52)62-50)46(55)43(53)38-36-34-32-30-28-16-14-12-10-8-6-4-2/h42-44,46-50,52-53,55-57H,3-41H2,1-2H3,(H,51,54)(H,58,59,60)/t42-,43+,44+,46-,47-,48+,49-,50-/m0/s1. The summed E-state index contributed by atoms with van der Waals surface area (Å²) in [6.07, 6.45) is 32.5. The molecule has 1 fully saturated rings. The molecule has 0 aliphatic carbocycles. The Morgan fingerprint density at radius 1 is 0.578 bits per heavy atom. The summed E-state index contributed by atoms with van der Waals surface area (Å²) in [6.45, 7) is 3.24. The Hall–Kier alpha value is -0.940. The fraction of sp³-hybridized carbons (Fsp3) is 0.980. The van der Waals surface area contributed by atoms with E-state index in [-0.39, 0.29) is 12.3 Å². The third kappa shape index (κ3) is 32.7. The van der Waals surface area contributed by atoms with E-state index >= 15 is 0 Å². The van der Waals surface area contributed by atoms with E-state index in [1.54, 1.807) is 0 Å². The first kappa shape index (κ1) is 61.1. The number of unbranched alkanes of at least 4 members (excludes halogenated alkanes) is 33. The van der Waals surface area contributed by atoms with Crippen LogP contribution < -0.4 is 5.32 Å². The largest absolute Gasteiger partial charge is 0.397 e. The van der Waals surface area contributed by atoms with Crippen molar-refractivity contribution in [1.82, 2.24) is 5.32 Å². The van der Waals surface area contributed by atoms with Gasteiger partial charge < -0.3 is 40.3 Å². The minimum Gasteiger partial charge on any atom is -0.394 e. The molecule has 0 aromatic carbocycles. The highest BCUT2D eigenvalue weighted by Gasteiger charge is 2.48. The van der Waals surface area contributed by atoms with Gasteiger partial charge in [-0.05, 0) is 12.8 Å². The zero-order valence-corrected chi connectivity index (χ0v) is 41.6. The third-order valence-corrected chi connectivity index (χ3v) is 13.5. The van der Waals surface area contributed by atoms with Crippen molar-refractivity contribution in [2.24, 2.45) is 0 Å². The van der Waals surface area contributed by atoms with Crippen molar-refractivity contribution in [2.45, 2.75) is 300 Å². The van der Waals surface area contributed by atoms with E-state index in [0.29, 0.717) is 19.3 Å². The second-order valence-corrected chi connectivity index (χ2v) is 20.0. The van der Waals surface area contributed by atoms with Crippen molar-refractivity contribution in [3.05, 3.63) is 0 Å². The summed E-state index contributed by atoms with van der Waals surface area (Å²) in [5.41, 5.74) is 0. The number of hydrogen-bond acceptors (Lipinski definition) is 11. The molecule has 64 heavy (non-hydrogen) atoms. The van der Waals surface area contributed by atoms with Crippen molar-refractivity contribution >= 4 is 16.3 Å². The lowest BCUT2D eigenvalue weighted by Gasteiger charge is -2.41. The average molecular weight is 938 g/mol. The fourth-order valence-electron chi connectivity index (χ4n) is 8.85. The SMILES string of the molecule is CCCCCCCCCCCCCCCCCCCCCCCCCC(=O)N[C@@H](CO[C@H]1O[C@H](CO)[C@H](O)[C@H](OS(=O)(=O)O)[C@H]1O)[C@H](O)[C@H](O)CCCCCCCCCCCCCC. The van der Waals surface area contributed by atoms with Crippen LogP contribution in [0, 0.1) is 0 Å². The molecule has 382 valence electrons. The molecule has 0 radical (unpaired) electrons. The maximum absolute atomic E-state index is 13.1. The minimum absolute atomic E-state index is 0.211. The van der Waals surface area contributed by atoms with Crippen LogP contribution in [-0.2, 0) is 28.9 Å². The first-order valence-corrected chi connectivity index (χ1v) is 27.9. The number of rotatable bonds is 46. The van der Waals surface area contributed by atoms with Crippen LogP contribution in [0.4, 0.5) is 0 Å². The molecule has 0 spiro atoms. The predicted molar refractivity (Wildman–Crippen MR) is 256 cm³/mol. The summed E-state index contributed by atoms with van der Waals surface area (Å²) in [5, 5.41) is 55.8. The molecule has 14 heteroatoms. The van der Waals surface area contributed by atoms with Crippen LogP contribution in [0.2, 0.25) is 0 Å². The minimum atomic E-state index is -5.11. The summed E-state index contributed by atoms with van der Waals surface area (Å²) >= 11 is 0. The van der Waals surface area contributed by atoms with Crippen molar-refractivity contribution < 1.29 is 57.0 Å². The Morgan fingerprint density at radius 2 is 0.938 bits per heavy atom. The summed E-state index contributed by atoms with van der Waals surface area (Å²) in [5.74, 6) is -0.338. The van der Waals surface area contributed by atoms with Gasteiger partial charge in [0.05, 0.1) is 25.4 Å². The molecule has 0 saturated carbocycles. The molecule has 0 unspecified atom stereocenters. The van der Waals surface area contributed by atoms with Crippen molar-refractivity contribution in [2.75, 3.05) is 13.2 Å². The fourth-order valence-corrected chi connectivity index (χ4v) is 9.36. The van der Waals surface area contributed by atoms with Gasteiger partial charge in [-0.15, -0.1) is 0 Å². The van der Waals surface area contributed by atoms with Crippen molar-refractivity contribution in [3.8, 4) is 0 Å². The number of carbonyl (C=O) groups excluding carboxylic acids is 1. The maximum atomic E-state index is 13.1. The van der Waals surface area contributed by atoms with Gasteiger partial charge in [0, 0.05) is 6.42 Å². The van der Waals surface area contributed by atoms with Gasteiger partial charge in [-0.2, -0.15) is 8.42 Å². The number of amides is 1. The highest BCUT2D eigenvalue weighted by molar-refractivity contribution is 7.80.